The number of halogens is 4. The van der Waals surface area contributed by atoms with Crippen molar-refractivity contribution in [2.75, 3.05) is 24.6 Å². The number of amides is 1. The third-order valence-corrected chi connectivity index (χ3v) is 4.75. The summed E-state index contributed by atoms with van der Waals surface area (Å²) in [5.41, 5.74) is -1.32. The fourth-order valence-electron chi connectivity index (χ4n) is 1.95. The lowest BCUT2D eigenvalue weighted by Gasteiger charge is -2.27. The molecule has 2 rings (SSSR count). The monoisotopic (exact) mass is 369 g/mol. The number of carbonyl (C=O) groups excluding carboxylic acids is 1. The second-order valence-electron chi connectivity index (χ2n) is 4.33. The maximum absolute atomic E-state index is 13.0. The molecule has 0 saturated carbocycles. The Labute approximate surface area is 124 Å². The van der Waals surface area contributed by atoms with E-state index in [2.05, 4.69) is 15.9 Å². The first-order valence-corrected chi connectivity index (χ1v) is 8.08. The lowest BCUT2D eigenvalue weighted by molar-refractivity contribution is -0.138. The topological polar surface area (TPSA) is 37.4 Å². The van der Waals surface area contributed by atoms with Crippen molar-refractivity contribution in [3.63, 3.8) is 0 Å². The van der Waals surface area contributed by atoms with Gasteiger partial charge >= 0.3 is 6.18 Å². The second-order valence-corrected chi connectivity index (χ2v) is 6.94. The molecule has 1 fully saturated rings. The number of alkyl halides is 3. The van der Waals surface area contributed by atoms with Gasteiger partial charge in [-0.2, -0.15) is 13.2 Å². The average molecular weight is 370 g/mol. The first-order valence-electron chi connectivity index (χ1n) is 5.80. The minimum atomic E-state index is -4.59. The van der Waals surface area contributed by atoms with Gasteiger partial charge in [0.15, 0.2) is 0 Å². The molecule has 0 radical (unpaired) electrons. The molecule has 1 amide bonds. The smallest absolute Gasteiger partial charge is 0.337 e. The maximum atomic E-state index is 13.0. The molecule has 0 spiro atoms. The molecule has 8 heteroatoms. The summed E-state index contributed by atoms with van der Waals surface area (Å²) in [5, 5.41) is 0. The molecule has 1 saturated heterocycles. The summed E-state index contributed by atoms with van der Waals surface area (Å²) in [7, 11) is -0.984. The van der Waals surface area contributed by atoms with Crippen LogP contribution in [-0.2, 0) is 17.0 Å². The van der Waals surface area contributed by atoms with Crippen LogP contribution in [0.2, 0.25) is 0 Å². The van der Waals surface area contributed by atoms with E-state index < -0.39 is 28.4 Å². The van der Waals surface area contributed by atoms with E-state index >= 15 is 0 Å². The molecule has 110 valence electrons. The predicted molar refractivity (Wildman–Crippen MR) is 72.9 cm³/mol. The zero-order chi connectivity index (χ0) is 14.9. The van der Waals surface area contributed by atoms with Crippen LogP contribution >= 0.6 is 15.9 Å². The van der Waals surface area contributed by atoms with Crippen LogP contribution in [0.5, 0.6) is 0 Å². The molecule has 1 aliphatic rings. The highest BCUT2D eigenvalue weighted by atomic mass is 79.9. The summed E-state index contributed by atoms with van der Waals surface area (Å²) in [5.74, 6) is -0.0470. The second kappa shape index (κ2) is 5.85. The summed E-state index contributed by atoms with van der Waals surface area (Å²) in [6, 6.07) is 3.47. The molecular weight excluding hydrogens is 359 g/mol. The van der Waals surface area contributed by atoms with E-state index in [0.29, 0.717) is 11.5 Å². The van der Waals surface area contributed by atoms with E-state index in [1.807, 2.05) is 0 Å². The molecule has 1 heterocycles. The first-order chi connectivity index (χ1) is 9.29. The van der Waals surface area contributed by atoms with E-state index in [0.717, 1.165) is 6.07 Å². The lowest BCUT2D eigenvalue weighted by atomic mass is 10.1. The zero-order valence-corrected chi connectivity index (χ0v) is 12.6. The van der Waals surface area contributed by atoms with Gasteiger partial charge in [-0.05, 0) is 18.2 Å². The van der Waals surface area contributed by atoms with Gasteiger partial charge in [-0.1, -0.05) is 15.9 Å². The highest BCUT2D eigenvalue weighted by Crippen LogP contribution is 2.34. The van der Waals surface area contributed by atoms with Gasteiger partial charge in [-0.25, -0.2) is 0 Å². The molecular formula is C12H11BrF3NO2S. The fourth-order valence-corrected chi connectivity index (χ4v) is 3.36. The normalized spacial score (nSPS) is 17.3. The predicted octanol–water partition coefficient (Wildman–Crippen LogP) is 2.67. The molecule has 0 unspecified atom stereocenters. The molecule has 0 aromatic heterocycles. The Morgan fingerprint density at radius 3 is 2.40 bits per heavy atom. The van der Waals surface area contributed by atoms with Crippen molar-refractivity contribution in [2.24, 2.45) is 0 Å². The summed E-state index contributed by atoms with van der Waals surface area (Å²) < 4.78 is 50.4. The largest absolute Gasteiger partial charge is 0.417 e. The van der Waals surface area contributed by atoms with E-state index in [9.17, 15) is 22.2 Å². The summed E-state index contributed by atoms with van der Waals surface area (Å²) >= 11 is 2.98. The Balaban J connectivity index is 2.32. The van der Waals surface area contributed by atoms with Gasteiger partial charge in [0, 0.05) is 39.9 Å². The van der Waals surface area contributed by atoms with Crippen molar-refractivity contribution >= 4 is 32.6 Å². The van der Waals surface area contributed by atoms with Crippen LogP contribution in [0.25, 0.3) is 0 Å². The number of carbonyl (C=O) groups is 1. The van der Waals surface area contributed by atoms with Crippen molar-refractivity contribution in [3.8, 4) is 0 Å². The SMILES string of the molecule is O=C(c1ccc(Br)cc1C(F)(F)F)N1CCS(=O)CC1. The van der Waals surface area contributed by atoms with E-state index in [1.165, 1.54) is 17.0 Å². The Bertz CT molecular complexity index is 552. The number of hydrogen-bond acceptors (Lipinski definition) is 2. The van der Waals surface area contributed by atoms with Gasteiger partial charge in [0.25, 0.3) is 5.91 Å². The highest BCUT2D eigenvalue weighted by molar-refractivity contribution is 9.10. The van der Waals surface area contributed by atoms with Crippen LogP contribution in [0.1, 0.15) is 15.9 Å². The van der Waals surface area contributed by atoms with Crippen LogP contribution in [0.15, 0.2) is 22.7 Å². The third kappa shape index (κ3) is 3.41. The van der Waals surface area contributed by atoms with Crippen LogP contribution in [0, 0.1) is 0 Å². The van der Waals surface area contributed by atoms with Gasteiger partial charge in [0.1, 0.15) is 0 Å². The molecule has 0 N–H and O–H groups in total. The van der Waals surface area contributed by atoms with Crippen molar-refractivity contribution in [1.29, 1.82) is 0 Å². The summed E-state index contributed by atoms with van der Waals surface area (Å²) in [6.07, 6.45) is -4.59. The van der Waals surface area contributed by atoms with E-state index in [1.54, 1.807) is 0 Å². The molecule has 0 atom stereocenters. The van der Waals surface area contributed by atoms with Crippen LogP contribution in [0.3, 0.4) is 0 Å². The summed E-state index contributed by atoms with van der Waals surface area (Å²) in [4.78, 5) is 13.5. The number of benzene rings is 1. The van der Waals surface area contributed by atoms with Gasteiger partial charge in [0.2, 0.25) is 0 Å². The molecule has 20 heavy (non-hydrogen) atoms. The molecule has 1 aliphatic heterocycles. The summed E-state index contributed by atoms with van der Waals surface area (Å²) in [6.45, 7) is 0.442. The van der Waals surface area contributed by atoms with Gasteiger partial charge in [-0.3, -0.25) is 9.00 Å². The third-order valence-electron chi connectivity index (χ3n) is 2.98. The molecule has 3 nitrogen and oxygen atoms in total. The average Bonchev–Trinajstić information content (AvgIpc) is 2.38. The standard InChI is InChI=1S/C12H11BrF3NO2S/c13-8-1-2-9(10(7-8)12(14,15)16)11(18)17-3-5-20(19)6-4-17/h1-2,7H,3-6H2. The van der Waals surface area contributed by atoms with Crippen LogP contribution in [0.4, 0.5) is 13.2 Å². The minimum absolute atomic E-state index is 0.221. The van der Waals surface area contributed by atoms with Crippen molar-refractivity contribution in [3.05, 3.63) is 33.8 Å². The Morgan fingerprint density at radius 1 is 1.25 bits per heavy atom. The number of hydrogen-bond donors (Lipinski definition) is 0. The quantitative estimate of drug-likeness (QED) is 0.763. The Kier molecular flexibility index (Phi) is 4.53. The van der Waals surface area contributed by atoms with E-state index in [4.69, 9.17) is 0 Å². The van der Waals surface area contributed by atoms with Crippen molar-refractivity contribution in [1.82, 2.24) is 4.90 Å². The highest BCUT2D eigenvalue weighted by Gasteiger charge is 2.36. The Morgan fingerprint density at radius 2 is 1.85 bits per heavy atom. The van der Waals surface area contributed by atoms with Gasteiger partial charge in [0.05, 0.1) is 11.1 Å². The zero-order valence-electron chi connectivity index (χ0n) is 10.2. The molecule has 1 aromatic carbocycles. The van der Waals surface area contributed by atoms with Crippen LogP contribution in [-0.4, -0.2) is 39.6 Å². The number of nitrogens with zero attached hydrogens (tertiary/aromatic N) is 1. The van der Waals surface area contributed by atoms with Crippen LogP contribution < -0.4 is 0 Å². The fraction of sp³-hybridized carbons (Fsp3) is 0.417. The Hall–Kier alpha value is -0.890. The van der Waals surface area contributed by atoms with Crippen molar-refractivity contribution < 1.29 is 22.2 Å². The maximum Gasteiger partial charge on any atom is 0.417 e. The van der Waals surface area contributed by atoms with Gasteiger partial charge in [-0.15, -0.1) is 0 Å². The lowest BCUT2D eigenvalue weighted by Crippen LogP contribution is -2.42. The first kappa shape index (κ1) is 15.5. The molecule has 0 aliphatic carbocycles. The minimum Gasteiger partial charge on any atom is -0.337 e. The molecule has 0 bridgehead atoms. The molecule has 1 aromatic rings. The van der Waals surface area contributed by atoms with Gasteiger partial charge < -0.3 is 4.90 Å². The van der Waals surface area contributed by atoms with E-state index in [-0.39, 0.29) is 23.1 Å². The van der Waals surface area contributed by atoms with Crippen molar-refractivity contribution in [2.45, 2.75) is 6.18 Å². The number of rotatable bonds is 1.